The lowest BCUT2D eigenvalue weighted by Gasteiger charge is -2.04. The number of fused-ring (bicyclic) bond motifs is 2. The molecule has 0 radical (unpaired) electrons. The van der Waals surface area contributed by atoms with E-state index in [1.165, 1.54) is 0 Å². The van der Waals surface area contributed by atoms with Crippen molar-refractivity contribution in [2.75, 3.05) is 7.11 Å². The summed E-state index contributed by atoms with van der Waals surface area (Å²) < 4.78 is 11.9. The molecule has 0 unspecified atom stereocenters. The third-order valence-corrected chi connectivity index (χ3v) is 3.51. The molecule has 0 fully saturated rings. The first kappa shape index (κ1) is 11.5. The van der Waals surface area contributed by atoms with Crippen LogP contribution < -0.4 is 10.2 Å². The Hall–Kier alpha value is -1.56. The lowest BCUT2D eigenvalue weighted by Crippen LogP contribution is -2.02. The maximum atomic E-state index is 12.3. The Morgan fingerprint density at radius 2 is 1.89 bits per heavy atom. The quantitative estimate of drug-likeness (QED) is 0.497. The molecule has 0 aliphatic carbocycles. The van der Waals surface area contributed by atoms with Crippen molar-refractivity contribution in [2.45, 2.75) is 0 Å². The van der Waals surface area contributed by atoms with Gasteiger partial charge in [-0.1, -0.05) is 0 Å². The van der Waals surface area contributed by atoms with E-state index in [-0.39, 0.29) is 5.43 Å². The summed E-state index contributed by atoms with van der Waals surface area (Å²) in [6, 6.07) is 10.8. The number of benzene rings is 2. The zero-order valence-corrected chi connectivity index (χ0v) is 11.7. The molecule has 0 spiro atoms. The van der Waals surface area contributed by atoms with E-state index in [2.05, 4.69) is 22.6 Å². The van der Waals surface area contributed by atoms with Crippen molar-refractivity contribution in [1.29, 1.82) is 0 Å². The molecule has 1 aromatic heterocycles. The van der Waals surface area contributed by atoms with Crippen molar-refractivity contribution in [3.63, 3.8) is 0 Å². The van der Waals surface area contributed by atoms with E-state index >= 15 is 0 Å². The van der Waals surface area contributed by atoms with E-state index in [0.717, 1.165) is 3.57 Å². The maximum absolute atomic E-state index is 12.3. The van der Waals surface area contributed by atoms with Crippen LogP contribution in [0.2, 0.25) is 0 Å². The van der Waals surface area contributed by atoms with Crippen LogP contribution in [0.4, 0.5) is 0 Å². The van der Waals surface area contributed by atoms with Gasteiger partial charge in [0.15, 0.2) is 0 Å². The Kier molecular flexibility index (Phi) is 2.74. The van der Waals surface area contributed by atoms with Gasteiger partial charge in [-0.05, 0) is 59.0 Å². The van der Waals surface area contributed by atoms with Crippen molar-refractivity contribution in [3.05, 3.63) is 50.2 Å². The summed E-state index contributed by atoms with van der Waals surface area (Å²) in [7, 11) is 1.58. The molecule has 3 rings (SSSR count). The lowest BCUT2D eigenvalue weighted by molar-refractivity contribution is 0.415. The van der Waals surface area contributed by atoms with E-state index in [0.29, 0.717) is 27.7 Å². The first-order valence-corrected chi connectivity index (χ1v) is 6.47. The number of methoxy groups -OCH3 is 1. The van der Waals surface area contributed by atoms with Crippen molar-refractivity contribution < 1.29 is 9.15 Å². The van der Waals surface area contributed by atoms with Gasteiger partial charge in [0.1, 0.15) is 16.9 Å². The minimum Gasteiger partial charge on any atom is -0.497 e. The van der Waals surface area contributed by atoms with Crippen LogP contribution in [0.1, 0.15) is 0 Å². The van der Waals surface area contributed by atoms with Gasteiger partial charge in [0, 0.05) is 3.57 Å². The van der Waals surface area contributed by atoms with Crippen LogP contribution in [0.3, 0.4) is 0 Å². The highest BCUT2D eigenvalue weighted by molar-refractivity contribution is 14.1. The number of hydrogen-bond donors (Lipinski definition) is 0. The van der Waals surface area contributed by atoms with Crippen molar-refractivity contribution in [2.24, 2.45) is 0 Å². The Morgan fingerprint density at radius 3 is 2.67 bits per heavy atom. The molecular formula is C14H9IO3. The molecule has 3 nitrogen and oxygen atoms in total. The zero-order chi connectivity index (χ0) is 12.7. The third kappa shape index (κ3) is 1.77. The minimum atomic E-state index is -0.0263. The van der Waals surface area contributed by atoms with Crippen molar-refractivity contribution >= 4 is 44.5 Å². The maximum Gasteiger partial charge on any atom is 0.200 e. The number of halogens is 1. The van der Waals surface area contributed by atoms with E-state index in [1.807, 2.05) is 12.1 Å². The van der Waals surface area contributed by atoms with Crippen LogP contribution in [0.5, 0.6) is 5.75 Å². The molecule has 1 heterocycles. The van der Waals surface area contributed by atoms with Crippen LogP contribution in [-0.2, 0) is 0 Å². The largest absolute Gasteiger partial charge is 0.497 e. The van der Waals surface area contributed by atoms with E-state index in [4.69, 9.17) is 9.15 Å². The molecule has 0 amide bonds. The lowest BCUT2D eigenvalue weighted by atomic mass is 10.1. The molecule has 3 aromatic rings. The van der Waals surface area contributed by atoms with Gasteiger partial charge in [-0.15, -0.1) is 0 Å². The Balaban J connectivity index is 2.48. The molecule has 0 saturated carbocycles. The SMILES string of the molecule is COc1ccc2oc3cc(I)ccc3c(=O)c2c1. The summed E-state index contributed by atoms with van der Waals surface area (Å²) in [5, 5.41) is 1.14. The van der Waals surface area contributed by atoms with E-state index < -0.39 is 0 Å². The molecule has 90 valence electrons. The highest BCUT2D eigenvalue weighted by Crippen LogP contribution is 2.23. The average Bonchev–Trinajstić information content (AvgIpc) is 2.38. The van der Waals surface area contributed by atoms with Gasteiger partial charge in [0.2, 0.25) is 5.43 Å². The zero-order valence-electron chi connectivity index (χ0n) is 9.57. The predicted octanol–water partition coefficient (Wildman–Crippen LogP) is 3.56. The highest BCUT2D eigenvalue weighted by Gasteiger charge is 2.08. The summed E-state index contributed by atoms with van der Waals surface area (Å²) in [5.41, 5.74) is 1.17. The molecule has 4 heteroatoms. The van der Waals surface area contributed by atoms with Gasteiger partial charge >= 0.3 is 0 Å². The second-order valence-corrected chi connectivity index (χ2v) is 5.18. The van der Waals surface area contributed by atoms with Crippen LogP contribution in [-0.4, -0.2) is 7.11 Å². The van der Waals surface area contributed by atoms with Crippen LogP contribution in [0.15, 0.2) is 45.6 Å². The average molecular weight is 352 g/mol. The normalized spacial score (nSPS) is 11.0. The molecule has 0 atom stereocenters. The molecule has 2 aromatic carbocycles. The van der Waals surface area contributed by atoms with Crippen molar-refractivity contribution in [1.82, 2.24) is 0 Å². The van der Waals surface area contributed by atoms with E-state index in [9.17, 15) is 4.79 Å². The fraction of sp³-hybridized carbons (Fsp3) is 0.0714. The second kappa shape index (κ2) is 4.28. The molecule has 0 aliphatic heterocycles. The first-order chi connectivity index (χ1) is 8.69. The number of hydrogen-bond acceptors (Lipinski definition) is 3. The molecular weight excluding hydrogens is 343 g/mol. The van der Waals surface area contributed by atoms with Crippen LogP contribution in [0.25, 0.3) is 21.9 Å². The minimum absolute atomic E-state index is 0.0263. The number of ether oxygens (including phenoxy) is 1. The highest BCUT2D eigenvalue weighted by atomic mass is 127. The topological polar surface area (TPSA) is 39.4 Å². The monoisotopic (exact) mass is 352 g/mol. The standard InChI is InChI=1S/C14H9IO3/c1-17-9-3-5-12-11(7-9)14(16)10-4-2-8(15)6-13(10)18-12/h2-7H,1H3. The smallest absolute Gasteiger partial charge is 0.200 e. The molecule has 0 N–H and O–H groups in total. The van der Waals surface area contributed by atoms with Gasteiger partial charge in [-0.2, -0.15) is 0 Å². The number of rotatable bonds is 1. The predicted molar refractivity (Wildman–Crippen MR) is 79.3 cm³/mol. The van der Waals surface area contributed by atoms with Gasteiger partial charge in [-0.3, -0.25) is 4.79 Å². The van der Waals surface area contributed by atoms with Gasteiger partial charge in [-0.25, -0.2) is 0 Å². The first-order valence-electron chi connectivity index (χ1n) is 5.39. The summed E-state index contributed by atoms with van der Waals surface area (Å²) in [5.74, 6) is 0.652. The van der Waals surface area contributed by atoms with Gasteiger partial charge < -0.3 is 9.15 Å². The summed E-state index contributed by atoms with van der Waals surface area (Å²) >= 11 is 2.19. The van der Waals surface area contributed by atoms with E-state index in [1.54, 1.807) is 31.4 Å². The van der Waals surface area contributed by atoms with Crippen LogP contribution >= 0.6 is 22.6 Å². The molecule has 0 bridgehead atoms. The fourth-order valence-electron chi connectivity index (χ4n) is 1.93. The van der Waals surface area contributed by atoms with Crippen LogP contribution in [0, 0.1) is 3.57 Å². The fourth-order valence-corrected chi connectivity index (χ4v) is 2.40. The molecule has 18 heavy (non-hydrogen) atoms. The van der Waals surface area contributed by atoms with Gasteiger partial charge in [0.25, 0.3) is 0 Å². The second-order valence-electron chi connectivity index (χ2n) is 3.93. The molecule has 0 aliphatic rings. The van der Waals surface area contributed by atoms with Crippen molar-refractivity contribution in [3.8, 4) is 5.75 Å². The Morgan fingerprint density at radius 1 is 1.06 bits per heavy atom. The third-order valence-electron chi connectivity index (χ3n) is 2.84. The summed E-state index contributed by atoms with van der Waals surface area (Å²) in [4.78, 5) is 12.3. The summed E-state index contributed by atoms with van der Waals surface area (Å²) in [6.07, 6.45) is 0. The Bertz CT molecular complexity index is 805. The Labute approximate surface area is 117 Å². The summed E-state index contributed by atoms with van der Waals surface area (Å²) in [6.45, 7) is 0. The van der Waals surface area contributed by atoms with Gasteiger partial charge in [0.05, 0.1) is 17.9 Å². The molecule has 0 saturated heterocycles.